The third-order valence-corrected chi connectivity index (χ3v) is 5.83. The molecule has 4 aromatic rings. The Labute approximate surface area is 191 Å². The molecule has 1 heterocycles. The SMILES string of the molecule is COc1ccc(-n2c(SCC(=O)NCc3ccccc3)nnc2-c2cccc(C)c2)cc1. The van der Waals surface area contributed by atoms with E-state index in [-0.39, 0.29) is 11.7 Å². The maximum atomic E-state index is 12.4. The van der Waals surface area contributed by atoms with Gasteiger partial charge in [0, 0.05) is 17.8 Å². The van der Waals surface area contributed by atoms with Crippen molar-refractivity contribution in [1.82, 2.24) is 20.1 Å². The van der Waals surface area contributed by atoms with Crippen LogP contribution in [0.25, 0.3) is 17.1 Å². The van der Waals surface area contributed by atoms with Gasteiger partial charge in [0.1, 0.15) is 5.75 Å². The maximum absolute atomic E-state index is 12.4. The van der Waals surface area contributed by atoms with Gasteiger partial charge in [-0.2, -0.15) is 0 Å². The summed E-state index contributed by atoms with van der Waals surface area (Å²) in [7, 11) is 1.64. The summed E-state index contributed by atoms with van der Waals surface area (Å²) < 4.78 is 7.27. The molecule has 0 saturated heterocycles. The molecule has 3 aromatic carbocycles. The number of nitrogens with zero attached hydrogens (tertiary/aromatic N) is 3. The molecule has 0 bridgehead atoms. The van der Waals surface area contributed by atoms with Crippen LogP contribution in [0.2, 0.25) is 0 Å². The highest BCUT2D eigenvalue weighted by Crippen LogP contribution is 2.29. The number of carbonyl (C=O) groups is 1. The molecule has 1 N–H and O–H groups in total. The Morgan fingerprint density at radius 1 is 1.00 bits per heavy atom. The van der Waals surface area contributed by atoms with Crippen LogP contribution in [0.1, 0.15) is 11.1 Å². The van der Waals surface area contributed by atoms with Crippen LogP contribution in [-0.4, -0.2) is 33.5 Å². The van der Waals surface area contributed by atoms with E-state index in [1.54, 1.807) is 7.11 Å². The minimum absolute atomic E-state index is 0.0553. The molecule has 1 amide bonds. The summed E-state index contributed by atoms with van der Waals surface area (Å²) in [6, 6.07) is 25.7. The Hall–Kier alpha value is -3.58. The lowest BCUT2D eigenvalue weighted by molar-refractivity contribution is -0.118. The number of hydrogen-bond donors (Lipinski definition) is 1. The Kier molecular flexibility index (Phi) is 6.87. The van der Waals surface area contributed by atoms with Gasteiger partial charge in [-0.1, -0.05) is 65.9 Å². The van der Waals surface area contributed by atoms with Crippen molar-refractivity contribution in [2.45, 2.75) is 18.6 Å². The zero-order valence-electron chi connectivity index (χ0n) is 18.0. The first-order valence-corrected chi connectivity index (χ1v) is 11.2. The lowest BCUT2D eigenvalue weighted by Crippen LogP contribution is -2.24. The number of benzene rings is 3. The van der Waals surface area contributed by atoms with E-state index in [1.807, 2.05) is 84.3 Å². The standard InChI is InChI=1S/C25H24N4O2S/c1-18-7-6-10-20(15-18)24-27-28-25(29(24)21-11-13-22(31-2)14-12-21)32-17-23(30)26-16-19-8-4-3-5-9-19/h3-15H,16-17H2,1-2H3,(H,26,30). The monoisotopic (exact) mass is 444 g/mol. The summed E-state index contributed by atoms with van der Waals surface area (Å²) in [6.07, 6.45) is 0. The molecule has 0 atom stereocenters. The molecule has 162 valence electrons. The van der Waals surface area contributed by atoms with Gasteiger partial charge in [0.25, 0.3) is 0 Å². The molecular formula is C25H24N4O2S. The normalized spacial score (nSPS) is 10.7. The highest BCUT2D eigenvalue weighted by Gasteiger charge is 2.17. The van der Waals surface area contributed by atoms with E-state index in [9.17, 15) is 4.79 Å². The molecule has 0 spiro atoms. The second-order valence-electron chi connectivity index (χ2n) is 7.26. The van der Waals surface area contributed by atoms with Gasteiger partial charge in [-0.25, -0.2) is 0 Å². The summed E-state index contributed by atoms with van der Waals surface area (Å²) in [4.78, 5) is 12.4. The minimum atomic E-state index is -0.0553. The van der Waals surface area contributed by atoms with E-state index >= 15 is 0 Å². The molecule has 0 saturated carbocycles. The van der Waals surface area contributed by atoms with E-state index in [4.69, 9.17) is 4.74 Å². The summed E-state index contributed by atoms with van der Waals surface area (Å²) in [5, 5.41) is 12.5. The number of thioether (sulfide) groups is 1. The predicted molar refractivity (Wildman–Crippen MR) is 127 cm³/mol. The molecule has 4 rings (SSSR count). The lowest BCUT2D eigenvalue weighted by Gasteiger charge is -2.11. The summed E-state index contributed by atoms with van der Waals surface area (Å²) in [6.45, 7) is 2.55. The van der Waals surface area contributed by atoms with Crippen LogP contribution in [0.3, 0.4) is 0 Å². The van der Waals surface area contributed by atoms with Crippen molar-refractivity contribution in [2.75, 3.05) is 12.9 Å². The first-order chi connectivity index (χ1) is 15.6. The van der Waals surface area contributed by atoms with Crippen LogP contribution in [0.15, 0.2) is 84.0 Å². The molecule has 0 aliphatic rings. The van der Waals surface area contributed by atoms with Gasteiger partial charge >= 0.3 is 0 Å². The molecule has 1 aromatic heterocycles. The van der Waals surface area contributed by atoms with Gasteiger partial charge in [0.05, 0.1) is 12.9 Å². The third kappa shape index (κ3) is 5.18. The van der Waals surface area contributed by atoms with Crippen molar-refractivity contribution in [2.24, 2.45) is 0 Å². The van der Waals surface area contributed by atoms with Crippen LogP contribution < -0.4 is 10.1 Å². The first kappa shape index (κ1) is 21.6. The van der Waals surface area contributed by atoms with E-state index < -0.39 is 0 Å². The molecule has 0 unspecified atom stereocenters. The zero-order valence-corrected chi connectivity index (χ0v) is 18.8. The van der Waals surface area contributed by atoms with Crippen LogP contribution in [-0.2, 0) is 11.3 Å². The van der Waals surface area contributed by atoms with Crippen LogP contribution in [0.4, 0.5) is 0 Å². The van der Waals surface area contributed by atoms with Gasteiger partial charge in [0.2, 0.25) is 5.91 Å². The number of aryl methyl sites for hydroxylation is 1. The summed E-state index contributed by atoms with van der Waals surface area (Å²) in [5.41, 5.74) is 4.07. The third-order valence-electron chi connectivity index (χ3n) is 4.91. The number of aromatic nitrogens is 3. The molecule has 32 heavy (non-hydrogen) atoms. The van der Waals surface area contributed by atoms with Crippen LogP contribution in [0, 0.1) is 6.92 Å². The number of carbonyl (C=O) groups excluding carboxylic acids is 1. The number of ether oxygens (including phenoxy) is 1. The Bertz CT molecular complexity index is 1190. The van der Waals surface area contributed by atoms with Crippen molar-refractivity contribution < 1.29 is 9.53 Å². The van der Waals surface area contributed by atoms with Crippen molar-refractivity contribution in [3.05, 3.63) is 90.0 Å². The molecule has 0 radical (unpaired) electrons. The molecule has 0 aliphatic carbocycles. The topological polar surface area (TPSA) is 69.0 Å². The summed E-state index contributed by atoms with van der Waals surface area (Å²) in [5.74, 6) is 1.69. The van der Waals surface area contributed by atoms with Crippen molar-refractivity contribution >= 4 is 17.7 Å². The smallest absolute Gasteiger partial charge is 0.230 e. The van der Waals surface area contributed by atoms with Crippen molar-refractivity contribution in [1.29, 1.82) is 0 Å². The Morgan fingerprint density at radius 2 is 1.78 bits per heavy atom. The average Bonchev–Trinajstić information content (AvgIpc) is 3.26. The van der Waals surface area contributed by atoms with E-state index in [0.29, 0.717) is 11.7 Å². The van der Waals surface area contributed by atoms with Crippen LogP contribution in [0.5, 0.6) is 5.75 Å². The number of rotatable bonds is 8. The van der Waals surface area contributed by atoms with E-state index in [2.05, 4.69) is 21.6 Å². The predicted octanol–water partition coefficient (Wildman–Crippen LogP) is 4.66. The summed E-state index contributed by atoms with van der Waals surface area (Å²) >= 11 is 1.36. The molecule has 0 aliphatic heterocycles. The van der Waals surface area contributed by atoms with Crippen molar-refractivity contribution in [3.8, 4) is 22.8 Å². The molecular weight excluding hydrogens is 420 g/mol. The average molecular weight is 445 g/mol. The Balaban J connectivity index is 1.56. The zero-order chi connectivity index (χ0) is 22.3. The largest absolute Gasteiger partial charge is 0.497 e. The fourth-order valence-electron chi connectivity index (χ4n) is 3.28. The Morgan fingerprint density at radius 3 is 2.50 bits per heavy atom. The number of methoxy groups -OCH3 is 1. The first-order valence-electron chi connectivity index (χ1n) is 10.2. The molecule has 6 nitrogen and oxygen atoms in total. The lowest BCUT2D eigenvalue weighted by atomic mass is 10.1. The second kappa shape index (κ2) is 10.2. The second-order valence-corrected chi connectivity index (χ2v) is 8.20. The van der Waals surface area contributed by atoms with Crippen molar-refractivity contribution in [3.63, 3.8) is 0 Å². The fourth-order valence-corrected chi connectivity index (χ4v) is 4.06. The highest BCUT2D eigenvalue weighted by molar-refractivity contribution is 7.99. The van der Waals surface area contributed by atoms with Gasteiger partial charge in [-0.05, 0) is 42.8 Å². The maximum Gasteiger partial charge on any atom is 0.230 e. The molecule has 7 heteroatoms. The number of hydrogen-bond acceptors (Lipinski definition) is 5. The van der Waals surface area contributed by atoms with Gasteiger partial charge in [-0.15, -0.1) is 10.2 Å². The molecule has 0 fully saturated rings. The highest BCUT2D eigenvalue weighted by atomic mass is 32.2. The van der Waals surface area contributed by atoms with Gasteiger partial charge in [-0.3, -0.25) is 9.36 Å². The number of nitrogens with one attached hydrogen (secondary N) is 1. The van der Waals surface area contributed by atoms with Gasteiger partial charge in [0.15, 0.2) is 11.0 Å². The quantitative estimate of drug-likeness (QED) is 0.400. The number of amides is 1. The fraction of sp³-hybridized carbons (Fsp3) is 0.160. The van der Waals surface area contributed by atoms with E-state index in [1.165, 1.54) is 11.8 Å². The van der Waals surface area contributed by atoms with Crippen LogP contribution >= 0.6 is 11.8 Å². The minimum Gasteiger partial charge on any atom is -0.497 e. The van der Waals surface area contributed by atoms with Gasteiger partial charge < -0.3 is 10.1 Å². The van der Waals surface area contributed by atoms with E-state index in [0.717, 1.165) is 34.0 Å².